The van der Waals surface area contributed by atoms with Crippen LogP contribution in [0.25, 0.3) is 0 Å². The van der Waals surface area contributed by atoms with Crippen molar-refractivity contribution in [1.82, 2.24) is 4.72 Å². The van der Waals surface area contributed by atoms with Crippen LogP contribution in [0, 0.1) is 10.1 Å². The molecule has 0 atom stereocenters. The van der Waals surface area contributed by atoms with Gasteiger partial charge < -0.3 is 9.47 Å². The van der Waals surface area contributed by atoms with Crippen LogP contribution in [0.4, 0.5) is 5.69 Å². The summed E-state index contributed by atoms with van der Waals surface area (Å²) in [5, 5.41) is 10.8. The number of benzene rings is 1. The monoisotopic (exact) mass is 346 g/mol. The number of methoxy groups -OCH3 is 1. The molecule has 0 aliphatic heterocycles. The van der Waals surface area contributed by atoms with E-state index in [2.05, 4.69) is 4.72 Å². The van der Waals surface area contributed by atoms with Gasteiger partial charge >= 0.3 is 5.97 Å². The zero-order chi connectivity index (χ0) is 17.5. The molecule has 9 nitrogen and oxygen atoms in total. The van der Waals surface area contributed by atoms with Crippen molar-refractivity contribution in [2.45, 2.75) is 24.7 Å². The van der Waals surface area contributed by atoms with Gasteiger partial charge in [0.25, 0.3) is 5.69 Å². The quantitative estimate of drug-likeness (QED) is 0.405. The second kappa shape index (κ2) is 8.44. The van der Waals surface area contributed by atoms with Gasteiger partial charge in [0.1, 0.15) is 10.6 Å². The second-order valence-electron chi connectivity index (χ2n) is 4.46. The van der Waals surface area contributed by atoms with Crippen molar-refractivity contribution >= 4 is 21.7 Å². The number of nitrogens with one attached hydrogen (secondary N) is 1. The van der Waals surface area contributed by atoms with Crippen molar-refractivity contribution in [3.63, 3.8) is 0 Å². The third-order valence-corrected chi connectivity index (χ3v) is 4.22. The van der Waals surface area contributed by atoms with E-state index in [0.717, 1.165) is 12.1 Å². The number of rotatable bonds is 9. The van der Waals surface area contributed by atoms with E-state index in [1.54, 1.807) is 0 Å². The molecule has 0 saturated heterocycles. The van der Waals surface area contributed by atoms with Crippen LogP contribution in [0.2, 0.25) is 0 Å². The van der Waals surface area contributed by atoms with Gasteiger partial charge in [0, 0.05) is 18.7 Å². The first-order valence-corrected chi connectivity index (χ1v) is 8.28. The molecule has 1 N–H and O–H groups in total. The summed E-state index contributed by atoms with van der Waals surface area (Å²) in [4.78, 5) is 21.0. The smallest absolute Gasteiger partial charge is 0.307 e. The first-order valence-electron chi connectivity index (χ1n) is 6.79. The lowest BCUT2D eigenvalue weighted by molar-refractivity contribution is -0.385. The zero-order valence-electron chi connectivity index (χ0n) is 12.8. The number of hydrogen-bond donors (Lipinski definition) is 1. The van der Waals surface area contributed by atoms with Crippen molar-refractivity contribution in [1.29, 1.82) is 0 Å². The first kappa shape index (κ1) is 18.8. The van der Waals surface area contributed by atoms with Crippen molar-refractivity contribution in [2.75, 3.05) is 20.3 Å². The van der Waals surface area contributed by atoms with Crippen LogP contribution in [0.15, 0.2) is 23.1 Å². The van der Waals surface area contributed by atoms with Gasteiger partial charge in [-0.05, 0) is 12.5 Å². The van der Waals surface area contributed by atoms with Gasteiger partial charge in [-0.3, -0.25) is 14.9 Å². The van der Waals surface area contributed by atoms with E-state index >= 15 is 0 Å². The Morgan fingerprint density at radius 2 is 2.09 bits per heavy atom. The minimum Gasteiger partial charge on any atom is -0.495 e. The molecule has 1 aromatic carbocycles. The lowest BCUT2D eigenvalue weighted by Crippen LogP contribution is -2.27. The molecule has 0 aliphatic rings. The second-order valence-corrected chi connectivity index (χ2v) is 6.20. The van der Waals surface area contributed by atoms with Crippen LogP contribution >= 0.6 is 0 Å². The van der Waals surface area contributed by atoms with E-state index in [4.69, 9.17) is 9.47 Å². The van der Waals surface area contributed by atoms with E-state index in [1.807, 2.05) is 6.92 Å². The Hall–Kier alpha value is -2.20. The average molecular weight is 346 g/mol. The van der Waals surface area contributed by atoms with Gasteiger partial charge in [0.15, 0.2) is 0 Å². The van der Waals surface area contributed by atoms with Gasteiger partial charge in [-0.1, -0.05) is 6.92 Å². The molecule has 23 heavy (non-hydrogen) atoms. The van der Waals surface area contributed by atoms with Crippen molar-refractivity contribution < 1.29 is 27.6 Å². The summed E-state index contributed by atoms with van der Waals surface area (Å²) in [7, 11) is -2.81. The van der Waals surface area contributed by atoms with Crippen molar-refractivity contribution in [2.24, 2.45) is 0 Å². The fourth-order valence-electron chi connectivity index (χ4n) is 1.64. The fourth-order valence-corrected chi connectivity index (χ4v) is 2.86. The Morgan fingerprint density at radius 1 is 1.39 bits per heavy atom. The van der Waals surface area contributed by atoms with Crippen LogP contribution in [-0.2, 0) is 19.6 Å². The molecular weight excluding hydrogens is 328 g/mol. The number of nitrogens with zero attached hydrogens (tertiary/aromatic N) is 1. The minimum atomic E-state index is -4.06. The maximum absolute atomic E-state index is 12.2. The molecule has 0 fully saturated rings. The van der Waals surface area contributed by atoms with Gasteiger partial charge in [-0.15, -0.1) is 0 Å². The number of hydrogen-bond acceptors (Lipinski definition) is 7. The number of esters is 1. The summed E-state index contributed by atoms with van der Waals surface area (Å²) in [5.74, 6) is -0.558. The van der Waals surface area contributed by atoms with Crippen LogP contribution < -0.4 is 9.46 Å². The highest BCUT2D eigenvalue weighted by molar-refractivity contribution is 7.89. The molecule has 0 heterocycles. The Bertz CT molecular complexity index is 673. The molecule has 0 aliphatic carbocycles. The standard InChI is InChI=1S/C13H18N2O7S/c1-3-8-22-13(16)6-7-14-23(19,20)12-9-10(15(17)18)4-5-11(12)21-2/h4-5,9,14H,3,6-8H2,1-2H3. The van der Waals surface area contributed by atoms with Crippen LogP contribution in [0.1, 0.15) is 19.8 Å². The number of nitro benzene ring substituents is 1. The van der Waals surface area contributed by atoms with E-state index in [9.17, 15) is 23.3 Å². The third kappa shape index (κ3) is 5.49. The molecule has 10 heteroatoms. The Balaban J connectivity index is 2.85. The van der Waals surface area contributed by atoms with Gasteiger partial charge in [-0.25, -0.2) is 13.1 Å². The Kier molecular flexibility index (Phi) is 6.91. The predicted molar refractivity (Wildman–Crippen MR) is 80.7 cm³/mol. The number of carbonyl (C=O) groups is 1. The lowest BCUT2D eigenvalue weighted by atomic mass is 10.3. The molecule has 128 valence electrons. The van der Waals surface area contributed by atoms with E-state index in [-0.39, 0.29) is 35.9 Å². The van der Waals surface area contributed by atoms with Crippen molar-refractivity contribution in [3.8, 4) is 5.75 Å². The molecule has 1 rings (SSSR count). The molecule has 0 aromatic heterocycles. The Morgan fingerprint density at radius 3 is 2.65 bits per heavy atom. The summed E-state index contributed by atoms with van der Waals surface area (Å²) < 4.78 is 36.4. The molecule has 1 aromatic rings. The predicted octanol–water partition coefficient (Wildman–Crippen LogP) is 1.23. The molecule has 0 amide bonds. The summed E-state index contributed by atoms with van der Waals surface area (Å²) >= 11 is 0. The van der Waals surface area contributed by atoms with Crippen LogP contribution in [0.5, 0.6) is 5.75 Å². The SMILES string of the molecule is CCCOC(=O)CCNS(=O)(=O)c1cc([N+](=O)[O-])ccc1OC. The largest absolute Gasteiger partial charge is 0.495 e. The highest BCUT2D eigenvalue weighted by Crippen LogP contribution is 2.27. The normalized spacial score (nSPS) is 11.0. The van der Waals surface area contributed by atoms with Crippen molar-refractivity contribution in [3.05, 3.63) is 28.3 Å². The molecule has 0 spiro atoms. The summed E-state index contributed by atoms with van der Waals surface area (Å²) in [5.41, 5.74) is -0.381. The Labute approximate surface area is 133 Å². The van der Waals surface area contributed by atoms with Gasteiger partial charge in [0.2, 0.25) is 10.0 Å². The summed E-state index contributed by atoms with van der Waals surface area (Å²) in [6, 6.07) is 3.23. The van der Waals surface area contributed by atoms with E-state index in [1.165, 1.54) is 13.2 Å². The first-order chi connectivity index (χ1) is 10.8. The number of carbonyl (C=O) groups excluding carboxylic acids is 1. The molecule has 0 unspecified atom stereocenters. The van der Waals surface area contributed by atoms with Gasteiger partial charge in [0.05, 0.1) is 25.1 Å². The number of nitro groups is 1. The van der Waals surface area contributed by atoms with Crippen LogP contribution in [-0.4, -0.2) is 39.6 Å². The lowest BCUT2D eigenvalue weighted by Gasteiger charge is -2.10. The summed E-state index contributed by atoms with van der Waals surface area (Å²) in [6.45, 7) is 1.92. The topological polar surface area (TPSA) is 125 Å². The highest BCUT2D eigenvalue weighted by Gasteiger charge is 2.23. The maximum Gasteiger partial charge on any atom is 0.307 e. The zero-order valence-corrected chi connectivity index (χ0v) is 13.6. The molecular formula is C13H18N2O7S. The highest BCUT2D eigenvalue weighted by atomic mass is 32.2. The van der Waals surface area contributed by atoms with Gasteiger partial charge in [-0.2, -0.15) is 0 Å². The summed E-state index contributed by atoms with van der Waals surface area (Å²) in [6.07, 6.45) is 0.527. The molecule has 0 saturated carbocycles. The van der Waals surface area contributed by atoms with E-state index in [0.29, 0.717) is 6.42 Å². The van der Waals surface area contributed by atoms with E-state index < -0.39 is 20.9 Å². The number of non-ortho nitro benzene ring substituents is 1. The minimum absolute atomic E-state index is 0.0309. The molecule has 0 radical (unpaired) electrons. The number of sulfonamides is 1. The maximum atomic E-state index is 12.2. The fraction of sp³-hybridized carbons (Fsp3) is 0.462. The molecule has 0 bridgehead atoms. The average Bonchev–Trinajstić information content (AvgIpc) is 2.51. The number of ether oxygens (including phenoxy) is 2. The van der Waals surface area contributed by atoms with Crippen LogP contribution in [0.3, 0.4) is 0 Å². The third-order valence-electron chi connectivity index (χ3n) is 2.74.